The molecule has 0 heterocycles. The summed E-state index contributed by atoms with van der Waals surface area (Å²) in [6.45, 7) is 3.64. The van der Waals surface area contributed by atoms with Crippen LogP contribution in [0.2, 0.25) is 0 Å². The molecule has 0 saturated carbocycles. The van der Waals surface area contributed by atoms with Gasteiger partial charge in [-0.2, -0.15) is 0 Å². The Hall–Kier alpha value is -1.89. The Morgan fingerprint density at radius 1 is 1.44 bits per heavy atom. The number of hydrogen-bond donors (Lipinski definition) is 3. The summed E-state index contributed by atoms with van der Waals surface area (Å²) in [6, 6.07) is 2.79. The van der Waals surface area contributed by atoms with Crippen molar-refractivity contribution in [2.45, 2.75) is 0 Å². The molecule has 7 heteroatoms. The number of hydrogen-bond acceptors (Lipinski definition) is 2. The van der Waals surface area contributed by atoms with Gasteiger partial charge in [-0.1, -0.05) is 28.6 Å². The van der Waals surface area contributed by atoms with Crippen LogP contribution in [0.4, 0.5) is 14.9 Å². The molecule has 1 rings (SSSR count). The summed E-state index contributed by atoms with van der Waals surface area (Å²) in [4.78, 5) is 22.3. The van der Waals surface area contributed by atoms with Crippen molar-refractivity contribution in [2.75, 3.05) is 11.9 Å². The van der Waals surface area contributed by atoms with Crippen LogP contribution in [0.5, 0.6) is 0 Å². The molecule has 0 unspecified atom stereocenters. The van der Waals surface area contributed by atoms with Gasteiger partial charge in [-0.05, 0) is 12.1 Å². The van der Waals surface area contributed by atoms with Gasteiger partial charge in [0.05, 0.1) is 17.8 Å². The lowest BCUT2D eigenvalue weighted by atomic mass is 10.1. The molecule has 3 N–H and O–H groups in total. The summed E-state index contributed by atoms with van der Waals surface area (Å²) >= 11 is 3.04. The van der Waals surface area contributed by atoms with Crippen LogP contribution >= 0.6 is 15.9 Å². The zero-order valence-corrected chi connectivity index (χ0v) is 10.8. The summed E-state index contributed by atoms with van der Waals surface area (Å²) in [6.07, 6.45) is 0. The maximum absolute atomic E-state index is 13.4. The first-order valence-corrected chi connectivity index (χ1v) is 5.61. The lowest BCUT2D eigenvalue weighted by molar-refractivity contribution is 0.0697. The standard InChI is InChI=1S/C11H10BrFN2O3/c1-6(12)5-14-11(18)15-9-7(10(16)17)3-2-4-8(9)13/h2-4H,1,5H2,(H,16,17)(H2,14,15,18). The first-order valence-electron chi connectivity index (χ1n) is 4.81. The summed E-state index contributed by atoms with van der Waals surface area (Å²) < 4.78 is 14.0. The van der Waals surface area contributed by atoms with Gasteiger partial charge in [0.1, 0.15) is 5.82 Å². The van der Waals surface area contributed by atoms with E-state index >= 15 is 0 Å². The first kappa shape index (κ1) is 14.2. The molecule has 0 spiro atoms. The zero-order chi connectivity index (χ0) is 13.7. The molecule has 0 saturated heterocycles. The van der Waals surface area contributed by atoms with Crippen molar-refractivity contribution in [2.24, 2.45) is 0 Å². The second-order valence-electron chi connectivity index (χ2n) is 3.29. The molecule has 2 amide bonds. The largest absolute Gasteiger partial charge is 0.478 e. The molecule has 0 aromatic heterocycles. The van der Waals surface area contributed by atoms with Crippen molar-refractivity contribution in [1.82, 2.24) is 5.32 Å². The maximum atomic E-state index is 13.4. The van der Waals surface area contributed by atoms with E-state index in [1.54, 1.807) is 0 Å². The number of urea groups is 1. The van der Waals surface area contributed by atoms with Gasteiger partial charge in [-0.15, -0.1) is 0 Å². The number of carbonyl (C=O) groups excluding carboxylic acids is 1. The average Bonchev–Trinajstić information content (AvgIpc) is 2.28. The van der Waals surface area contributed by atoms with Gasteiger partial charge in [0.25, 0.3) is 0 Å². The third kappa shape index (κ3) is 3.85. The second kappa shape index (κ2) is 6.15. The molecule has 0 radical (unpaired) electrons. The van der Waals surface area contributed by atoms with Gasteiger partial charge in [-0.3, -0.25) is 0 Å². The van der Waals surface area contributed by atoms with Crippen LogP contribution in [0.25, 0.3) is 0 Å². The minimum absolute atomic E-state index is 0.142. The van der Waals surface area contributed by atoms with Crippen LogP contribution in [0, 0.1) is 5.82 Å². The summed E-state index contributed by atoms with van der Waals surface area (Å²) in [5.41, 5.74) is -0.689. The fraction of sp³-hybridized carbons (Fsp3) is 0.0909. The van der Waals surface area contributed by atoms with Gasteiger partial charge in [0.15, 0.2) is 0 Å². The highest BCUT2D eigenvalue weighted by molar-refractivity contribution is 9.11. The van der Waals surface area contributed by atoms with Gasteiger partial charge in [-0.25, -0.2) is 14.0 Å². The highest BCUT2D eigenvalue weighted by Crippen LogP contribution is 2.19. The van der Waals surface area contributed by atoms with Gasteiger partial charge in [0.2, 0.25) is 0 Å². The molecular weight excluding hydrogens is 307 g/mol. The Labute approximate surface area is 111 Å². The van der Waals surface area contributed by atoms with E-state index < -0.39 is 17.8 Å². The Kier molecular flexibility index (Phi) is 4.85. The maximum Gasteiger partial charge on any atom is 0.337 e. The molecular formula is C11H10BrFN2O3. The third-order valence-electron chi connectivity index (χ3n) is 1.92. The zero-order valence-electron chi connectivity index (χ0n) is 9.17. The fourth-order valence-electron chi connectivity index (χ4n) is 1.16. The van der Waals surface area contributed by atoms with E-state index in [1.165, 1.54) is 12.1 Å². The Morgan fingerprint density at radius 2 is 2.11 bits per heavy atom. The molecule has 0 atom stereocenters. The van der Waals surface area contributed by atoms with Crippen molar-refractivity contribution in [3.8, 4) is 0 Å². The van der Waals surface area contributed by atoms with Crippen molar-refractivity contribution >= 4 is 33.6 Å². The van der Waals surface area contributed by atoms with Crippen molar-refractivity contribution in [3.63, 3.8) is 0 Å². The normalized spacial score (nSPS) is 9.67. The minimum Gasteiger partial charge on any atom is -0.478 e. The third-order valence-corrected chi connectivity index (χ3v) is 2.20. The second-order valence-corrected chi connectivity index (χ2v) is 4.41. The molecule has 18 heavy (non-hydrogen) atoms. The topological polar surface area (TPSA) is 78.4 Å². The van der Waals surface area contributed by atoms with Gasteiger partial charge >= 0.3 is 12.0 Å². The number of carboxylic acids is 1. The number of rotatable bonds is 4. The Bertz CT molecular complexity index is 505. The smallest absolute Gasteiger partial charge is 0.337 e. The highest BCUT2D eigenvalue weighted by atomic mass is 79.9. The molecule has 5 nitrogen and oxygen atoms in total. The number of carboxylic acid groups (broad SMARTS) is 1. The van der Waals surface area contributed by atoms with Crippen molar-refractivity contribution < 1.29 is 19.1 Å². The van der Waals surface area contributed by atoms with Gasteiger partial charge in [0, 0.05) is 4.48 Å². The number of halogens is 2. The molecule has 96 valence electrons. The Morgan fingerprint density at radius 3 is 2.67 bits per heavy atom. The number of para-hydroxylation sites is 1. The quantitative estimate of drug-likeness (QED) is 0.798. The van der Waals surface area contributed by atoms with Crippen LogP contribution in [0.1, 0.15) is 10.4 Å². The number of carbonyl (C=O) groups is 2. The van der Waals surface area contributed by atoms with E-state index in [1.807, 2.05) is 0 Å². The fourth-order valence-corrected chi connectivity index (χ4v) is 1.30. The molecule has 1 aromatic carbocycles. The van der Waals surface area contributed by atoms with Gasteiger partial charge < -0.3 is 15.7 Å². The van der Waals surface area contributed by atoms with E-state index in [9.17, 15) is 14.0 Å². The van der Waals surface area contributed by atoms with E-state index in [2.05, 4.69) is 33.1 Å². The van der Waals surface area contributed by atoms with Crippen molar-refractivity contribution in [1.29, 1.82) is 0 Å². The first-order chi connectivity index (χ1) is 8.41. The van der Waals surface area contributed by atoms with E-state index in [4.69, 9.17) is 5.11 Å². The lowest BCUT2D eigenvalue weighted by Gasteiger charge is -2.10. The molecule has 0 aliphatic rings. The van der Waals surface area contributed by atoms with Crippen LogP contribution in [0.3, 0.4) is 0 Å². The van der Waals surface area contributed by atoms with Crippen LogP contribution in [0.15, 0.2) is 29.3 Å². The van der Waals surface area contributed by atoms with Crippen molar-refractivity contribution in [3.05, 3.63) is 40.6 Å². The predicted octanol–water partition coefficient (Wildman–Crippen LogP) is 2.55. The molecule has 1 aromatic rings. The summed E-state index contributed by atoms with van der Waals surface area (Å²) in [5.74, 6) is -2.14. The number of anilines is 1. The Balaban J connectivity index is 2.86. The van der Waals surface area contributed by atoms with Crippen LogP contribution in [-0.4, -0.2) is 23.7 Å². The highest BCUT2D eigenvalue weighted by Gasteiger charge is 2.16. The summed E-state index contributed by atoms with van der Waals surface area (Å²) in [7, 11) is 0. The number of aromatic carboxylic acids is 1. The molecule has 0 bridgehead atoms. The SMILES string of the molecule is C=C(Br)CNC(=O)Nc1c(F)cccc1C(=O)O. The molecule has 0 aliphatic carbocycles. The molecule has 0 fully saturated rings. The lowest BCUT2D eigenvalue weighted by Crippen LogP contribution is -2.30. The monoisotopic (exact) mass is 316 g/mol. The van der Waals surface area contributed by atoms with E-state index in [0.717, 1.165) is 6.07 Å². The van der Waals surface area contributed by atoms with E-state index in [0.29, 0.717) is 4.48 Å². The minimum atomic E-state index is -1.32. The molecule has 0 aliphatic heterocycles. The van der Waals surface area contributed by atoms with E-state index in [-0.39, 0.29) is 17.8 Å². The summed E-state index contributed by atoms with van der Waals surface area (Å²) in [5, 5.41) is 13.4. The predicted molar refractivity (Wildman–Crippen MR) is 68.4 cm³/mol. The number of nitrogens with one attached hydrogen (secondary N) is 2. The van der Waals surface area contributed by atoms with Crippen LogP contribution < -0.4 is 10.6 Å². The van der Waals surface area contributed by atoms with Crippen LogP contribution in [-0.2, 0) is 0 Å². The number of amides is 2. The average molecular weight is 317 g/mol. The number of benzene rings is 1.